The average molecular weight is 777 g/mol. The Morgan fingerprint density at radius 3 is 1.86 bits per heavy atom. The number of hydrogen-bond donors (Lipinski definition) is 1. The van der Waals surface area contributed by atoms with Gasteiger partial charge in [-0.2, -0.15) is 0 Å². The van der Waals surface area contributed by atoms with E-state index in [0.717, 1.165) is 70.8 Å². The van der Waals surface area contributed by atoms with Gasteiger partial charge in [0.2, 0.25) is 0 Å². The van der Waals surface area contributed by atoms with Crippen LogP contribution >= 0.6 is 0 Å². The maximum Gasteiger partial charge on any atom is 0.254 e. The fourth-order valence-corrected chi connectivity index (χ4v) is 8.44. The van der Waals surface area contributed by atoms with E-state index in [0.29, 0.717) is 56.9 Å². The fourth-order valence-electron chi connectivity index (χ4n) is 8.44. The Hall–Kier alpha value is -5.32. The second-order valence-electron chi connectivity index (χ2n) is 15.7. The maximum absolute atomic E-state index is 14.9. The fraction of sp³-hybridized carbons (Fsp3) is 0.347. The first kappa shape index (κ1) is 39.5. The second-order valence-corrected chi connectivity index (χ2v) is 15.7. The number of ether oxygens (including phenoxy) is 1. The molecule has 6 aromatic rings. The molecule has 2 saturated heterocycles. The van der Waals surface area contributed by atoms with Crippen molar-refractivity contribution >= 4 is 33.5 Å². The Balaban J connectivity index is 0.995. The minimum atomic E-state index is -0.0934. The molecule has 8 rings (SSSR count). The van der Waals surface area contributed by atoms with E-state index in [9.17, 15) is 9.59 Å². The molecule has 9 nitrogen and oxygen atoms in total. The largest absolute Gasteiger partial charge is 0.379 e. The predicted molar refractivity (Wildman–Crippen MR) is 233 cm³/mol. The van der Waals surface area contributed by atoms with Crippen LogP contribution in [0.15, 0.2) is 128 Å². The standard InChI is InChI=1S/C49H56N6O3/c56-48(54(31-29-52-32-34-58-35-33-52)22-20-39-18-19-41-12-4-5-13-42(41)36-39)45-15-6-7-16-46(45)49(57)55(23-21-43-37-50-47-17-9-8-14-44(43)47)30-28-51-24-26-53(27-25-51)38-40-10-2-1-3-11-40/h1-19,36-37,50H,20-35,38H2. The zero-order valence-electron chi connectivity index (χ0n) is 33.6. The van der Waals surface area contributed by atoms with Gasteiger partial charge in [0.15, 0.2) is 0 Å². The molecule has 58 heavy (non-hydrogen) atoms. The highest BCUT2D eigenvalue weighted by atomic mass is 16.5. The number of nitrogens with zero attached hydrogens (tertiary/aromatic N) is 5. The van der Waals surface area contributed by atoms with E-state index in [1.165, 1.54) is 32.8 Å². The van der Waals surface area contributed by atoms with Crippen molar-refractivity contribution in [1.29, 1.82) is 0 Å². The molecule has 2 amide bonds. The first-order valence-electron chi connectivity index (χ1n) is 21.1. The van der Waals surface area contributed by atoms with Gasteiger partial charge in [-0.25, -0.2) is 0 Å². The van der Waals surface area contributed by atoms with E-state index in [2.05, 4.69) is 117 Å². The summed E-state index contributed by atoms with van der Waals surface area (Å²) in [6, 6.07) is 41.4. The quantitative estimate of drug-likeness (QED) is 0.116. The number of para-hydroxylation sites is 1. The van der Waals surface area contributed by atoms with Crippen LogP contribution in [0.4, 0.5) is 0 Å². The molecular formula is C49H56N6O3. The van der Waals surface area contributed by atoms with Crippen LogP contribution in [0.3, 0.4) is 0 Å². The monoisotopic (exact) mass is 776 g/mol. The van der Waals surface area contributed by atoms with Crippen molar-refractivity contribution < 1.29 is 14.3 Å². The minimum Gasteiger partial charge on any atom is -0.379 e. The van der Waals surface area contributed by atoms with Gasteiger partial charge in [-0.05, 0) is 58.5 Å². The molecule has 2 aliphatic rings. The van der Waals surface area contributed by atoms with E-state index < -0.39 is 0 Å². The summed E-state index contributed by atoms with van der Waals surface area (Å²) in [5.41, 5.74) is 5.76. The van der Waals surface area contributed by atoms with Crippen LogP contribution in [0.1, 0.15) is 37.4 Å². The number of hydrogen-bond acceptors (Lipinski definition) is 6. The molecule has 5 aromatic carbocycles. The lowest BCUT2D eigenvalue weighted by molar-refractivity contribution is 0.0325. The van der Waals surface area contributed by atoms with Crippen LogP contribution in [0.5, 0.6) is 0 Å². The van der Waals surface area contributed by atoms with Crippen LogP contribution in [0, 0.1) is 0 Å². The molecule has 2 aliphatic heterocycles. The lowest BCUT2D eigenvalue weighted by Crippen LogP contribution is -2.49. The number of fused-ring (bicyclic) bond motifs is 2. The van der Waals surface area contributed by atoms with E-state index in [4.69, 9.17) is 4.74 Å². The summed E-state index contributed by atoms with van der Waals surface area (Å²) < 4.78 is 5.61. The lowest BCUT2D eigenvalue weighted by Gasteiger charge is -2.36. The number of rotatable bonds is 16. The van der Waals surface area contributed by atoms with Crippen LogP contribution in [0.2, 0.25) is 0 Å². The number of morpholine rings is 1. The number of nitrogens with one attached hydrogen (secondary N) is 1. The Kier molecular flexibility index (Phi) is 13.2. The summed E-state index contributed by atoms with van der Waals surface area (Å²) in [5.74, 6) is -0.182. The molecule has 1 aromatic heterocycles. The molecule has 0 spiro atoms. The molecule has 0 aliphatic carbocycles. The van der Waals surface area contributed by atoms with Crippen molar-refractivity contribution in [3.63, 3.8) is 0 Å². The van der Waals surface area contributed by atoms with Gasteiger partial charge in [-0.3, -0.25) is 24.3 Å². The van der Waals surface area contributed by atoms with E-state index in [-0.39, 0.29) is 11.8 Å². The second kappa shape index (κ2) is 19.4. The van der Waals surface area contributed by atoms with Gasteiger partial charge in [0.05, 0.1) is 24.3 Å². The van der Waals surface area contributed by atoms with Crippen LogP contribution in [0.25, 0.3) is 21.7 Å². The number of H-pyrrole nitrogens is 1. The van der Waals surface area contributed by atoms with E-state index in [1.807, 2.05) is 40.1 Å². The van der Waals surface area contributed by atoms with Gasteiger partial charge in [0.1, 0.15) is 0 Å². The highest BCUT2D eigenvalue weighted by molar-refractivity contribution is 6.07. The van der Waals surface area contributed by atoms with Crippen molar-refractivity contribution in [2.75, 3.05) is 91.8 Å². The molecule has 2 fully saturated rings. The molecule has 0 unspecified atom stereocenters. The number of piperazine rings is 1. The van der Waals surface area contributed by atoms with Crippen molar-refractivity contribution in [1.82, 2.24) is 29.5 Å². The number of aromatic nitrogens is 1. The molecule has 1 N–H and O–H groups in total. The molecule has 3 heterocycles. The predicted octanol–water partition coefficient (Wildman–Crippen LogP) is 6.84. The topological polar surface area (TPSA) is 75.4 Å². The molecule has 0 saturated carbocycles. The van der Waals surface area contributed by atoms with Gasteiger partial charge < -0.3 is 19.5 Å². The van der Waals surface area contributed by atoms with Crippen LogP contribution in [-0.2, 0) is 24.1 Å². The first-order chi connectivity index (χ1) is 28.6. The van der Waals surface area contributed by atoms with Gasteiger partial charge in [-0.15, -0.1) is 0 Å². The smallest absolute Gasteiger partial charge is 0.254 e. The molecule has 0 radical (unpaired) electrons. The van der Waals surface area contributed by atoms with Gasteiger partial charge in [0.25, 0.3) is 11.8 Å². The summed E-state index contributed by atoms with van der Waals surface area (Å²) in [7, 11) is 0. The highest BCUT2D eigenvalue weighted by Gasteiger charge is 2.27. The maximum atomic E-state index is 14.9. The Morgan fingerprint density at radius 1 is 0.552 bits per heavy atom. The summed E-state index contributed by atoms with van der Waals surface area (Å²) in [4.78, 5) is 44.3. The van der Waals surface area contributed by atoms with Gasteiger partial charge in [0, 0.05) is 102 Å². The molecule has 0 atom stereocenters. The first-order valence-corrected chi connectivity index (χ1v) is 21.1. The Bertz CT molecular complexity index is 2260. The number of amides is 2. The van der Waals surface area contributed by atoms with Crippen molar-refractivity contribution in [3.8, 4) is 0 Å². The Labute approximate surface area is 342 Å². The SMILES string of the molecule is O=C(c1ccccc1C(=O)N(CCc1c[nH]c2ccccc12)CCN1CCN(Cc2ccccc2)CC1)N(CCc1ccc2ccccc2c1)CCN1CCOCC1. The van der Waals surface area contributed by atoms with Gasteiger partial charge >= 0.3 is 0 Å². The third-order valence-corrected chi connectivity index (χ3v) is 12.0. The zero-order chi connectivity index (χ0) is 39.5. The molecular weight excluding hydrogens is 721 g/mol. The van der Waals surface area contributed by atoms with E-state index >= 15 is 0 Å². The van der Waals surface area contributed by atoms with Gasteiger partial charge in [-0.1, -0.05) is 103 Å². The van der Waals surface area contributed by atoms with Crippen LogP contribution in [-0.4, -0.2) is 133 Å². The number of carbonyl (C=O) groups excluding carboxylic acids is 2. The summed E-state index contributed by atoms with van der Waals surface area (Å²) >= 11 is 0. The molecule has 300 valence electrons. The van der Waals surface area contributed by atoms with Crippen molar-refractivity contribution in [2.24, 2.45) is 0 Å². The number of benzene rings is 5. The lowest BCUT2D eigenvalue weighted by atomic mass is 10.0. The zero-order valence-corrected chi connectivity index (χ0v) is 33.6. The summed E-state index contributed by atoms with van der Waals surface area (Å²) in [5, 5.41) is 3.59. The number of carbonyl (C=O) groups is 2. The average Bonchev–Trinajstić information content (AvgIpc) is 3.70. The molecule has 0 bridgehead atoms. The molecule has 9 heteroatoms. The Morgan fingerprint density at radius 2 is 1.14 bits per heavy atom. The van der Waals surface area contributed by atoms with E-state index in [1.54, 1.807) is 0 Å². The minimum absolute atomic E-state index is 0.0887. The normalized spacial score (nSPS) is 15.5. The highest BCUT2D eigenvalue weighted by Crippen LogP contribution is 2.22. The third-order valence-electron chi connectivity index (χ3n) is 12.0. The summed E-state index contributed by atoms with van der Waals surface area (Å²) in [6.07, 6.45) is 3.51. The van der Waals surface area contributed by atoms with Crippen molar-refractivity contribution in [3.05, 3.63) is 155 Å². The third kappa shape index (κ3) is 10.0. The summed E-state index contributed by atoms with van der Waals surface area (Å²) in [6.45, 7) is 11.8. The van der Waals surface area contributed by atoms with Crippen molar-refractivity contribution in [2.45, 2.75) is 19.4 Å². The number of aromatic amines is 1. The van der Waals surface area contributed by atoms with Crippen LogP contribution < -0.4 is 0 Å².